The summed E-state index contributed by atoms with van der Waals surface area (Å²) < 4.78 is 1.97. The van der Waals surface area contributed by atoms with E-state index < -0.39 is 0 Å². The van der Waals surface area contributed by atoms with Gasteiger partial charge in [-0.3, -0.25) is 9.56 Å². The van der Waals surface area contributed by atoms with Gasteiger partial charge in [0.25, 0.3) is 0 Å². The summed E-state index contributed by atoms with van der Waals surface area (Å²) >= 11 is 0. The second-order valence-corrected chi connectivity index (χ2v) is 6.72. The Labute approximate surface area is 172 Å². The molecule has 29 heavy (non-hydrogen) atoms. The lowest BCUT2D eigenvalue weighted by atomic mass is 10.2. The van der Waals surface area contributed by atoms with E-state index in [0.29, 0.717) is 6.54 Å². The number of likely N-dealkylation sites (N-methyl/N-ethyl adjacent to an activating group) is 1. The molecule has 152 valence electrons. The maximum atomic E-state index is 4.32. The monoisotopic (exact) mass is 391 g/mol. The van der Waals surface area contributed by atoms with Crippen molar-refractivity contribution in [1.29, 1.82) is 0 Å². The molecular formula is C22H29N7. The molecular weight excluding hydrogens is 362 g/mol. The predicted molar refractivity (Wildman–Crippen MR) is 119 cm³/mol. The predicted octanol–water partition coefficient (Wildman–Crippen LogP) is 2.77. The second-order valence-electron chi connectivity index (χ2n) is 6.72. The Kier molecular flexibility index (Phi) is 7.22. The molecule has 0 amide bonds. The third-order valence-corrected chi connectivity index (χ3v) is 4.71. The van der Waals surface area contributed by atoms with E-state index in [9.17, 15) is 0 Å². The van der Waals surface area contributed by atoms with E-state index in [0.717, 1.165) is 37.1 Å². The topological polar surface area (TPSA) is 70.4 Å². The SMILES string of the molecule is CCN(CCNC(=NC)NCc1nncn1-c1ccccc1)c1cccc(C)c1. The lowest BCUT2D eigenvalue weighted by molar-refractivity contribution is 0.730. The van der Waals surface area contributed by atoms with Crippen LogP contribution in [0.15, 0.2) is 65.9 Å². The molecule has 0 atom stereocenters. The fourth-order valence-corrected chi connectivity index (χ4v) is 3.17. The summed E-state index contributed by atoms with van der Waals surface area (Å²) in [5, 5.41) is 15.0. The van der Waals surface area contributed by atoms with Crippen molar-refractivity contribution in [1.82, 2.24) is 25.4 Å². The van der Waals surface area contributed by atoms with Crippen molar-refractivity contribution in [2.75, 3.05) is 31.6 Å². The number of anilines is 1. The Balaban J connectivity index is 1.52. The highest BCUT2D eigenvalue weighted by Gasteiger charge is 2.08. The molecule has 0 aliphatic carbocycles. The lowest BCUT2D eigenvalue weighted by Gasteiger charge is -2.24. The van der Waals surface area contributed by atoms with Gasteiger partial charge in [0.05, 0.1) is 6.54 Å². The minimum atomic E-state index is 0.532. The van der Waals surface area contributed by atoms with Crippen LogP contribution in [-0.2, 0) is 6.54 Å². The highest BCUT2D eigenvalue weighted by atomic mass is 15.3. The zero-order chi connectivity index (χ0) is 20.5. The van der Waals surface area contributed by atoms with Gasteiger partial charge in [-0.2, -0.15) is 0 Å². The maximum Gasteiger partial charge on any atom is 0.191 e. The van der Waals surface area contributed by atoms with Crippen LogP contribution >= 0.6 is 0 Å². The van der Waals surface area contributed by atoms with Gasteiger partial charge in [-0.1, -0.05) is 30.3 Å². The van der Waals surface area contributed by atoms with Crippen LogP contribution in [0.1, 0.15) is 18.3 Å². The average molecular weight is 392 g/mol. The van der Waals surface area contributed by atoms with Crippen LogP contribution in [0.4, 0.5) is 5.69 Å². The molecule has 1 aromatic heterocycles. The van der Waals surface area contributed by atoms with Gasteiger partial charge >= 0.3 is 0 Å². The Morgan fingerprint density at radius 2 is 1.93 bits per heavy atom. The molecule has 3 aromatic rings. The van der Waals surface area contributed by atoms with E-state index >= 15 is 0 Å². The lowest BCUT2D eigenvalue weighted by Crippen LogP contribution is -2.41. The summed E-state index contributed by atoms with van der Waals surface area (Å²) in [6, 6.07) is 18.6. The Bertz CT molecular complexity index is 918. The number of nitrogens with one attached hydrogen (secondary N) is 2. The van der Waals surface area contributed by atoms with Crippen molar-refractivity contribution in [3.8, 4) is 5.69 Å². The number of aromatic nitrogens is 3. The molecule has 0 unspecified atom stereocenters. The molecule has 7 heteroatoms. The van der Waals surface area contributed by atoms with Crippen molar-refractivity contribution in [2.45, 2.75) is 20.4 Å². The van der Waals surface area contributed by atoms with Gasteiger partial charge in [-0.15, -0.1) is 10.2 Å². The molecule has 0 saturated carbocycles. The van der Waals surface area contributed by atoms with E-state index in [1.807, 2.05) is 34.9 Å². The van der Waals surface area contributed by atoms with Crippen molar-refractivity contribution < 1.29 is 0 Å². The summed E-state index contributed by atoms with van der Waals surface area (Å²) in [7, 11) is 1.77. The van der Waals surface area contributed by atoms with Crippen molar-refractivity contribution >= 4 is 11.6 Å². The molecule has 0 saturated heterocycles. The van der Waals surface area contributed by atoms with Crippen LogP contribution in [0, 0.1) is 6.92 Å². The molecule has 0 aliphatic rings. The van der Waals surface area contributed by atoms with Crippen molar-refractivity contribution in [2.24, 2.45) is 4.99 Å². The number of aryl methyl sites for hydroxylation is 1. The van der Waals surface area contributed by atoms with E-state index in [2.05, 4.69) is 68.8 Å². The maximum absolute atomic E-state index is 4.32. The smallest absolute Gasteiger partial charge is 0.191 e. The molecule has 2 aromatic carbocycles. The zero-order valence-corrected chi connectivity index (χ0v) is 17.3. The van der Waals surface area contributed by atoms with Crippen LogP contribution in [0.5, 0.6) is 0 Å². The van der Waals surface area contributed by atoms with Gasteiger partial charge < -0.3 is 15.5 Å². The number of aliphatic imine (C=N–C) groups is 1. The molecule has 3 rings (SSSR count). The molecule has 0 fully saturated rings. The van der Waals surface area contributed by atoms with Crippen molar-refractivity contribution in [3.05, 3.63) is 72.3 Å². The van der Waals surface area contributed by atoms with Gasteiger partial charge in [0.15, 0.2) is 11.8 Å². The van der Waals surface area contributed by atoms with Gasteiger partial charge in [0.2, 0.25) is 0 Å². The van der Waals surface area contributed by atoms with Crippen LogP contribution < -0.4 is 15.5 Å². The minimum absolute atomic E-state index is 0.532. The van der Waals surface area contributed by atoms with Gasteiger partial charge in [-0.05, 0) is 43.7 Å². The number of guanidine groups is 1. The number of para-hydroxylation sites is 1. The fraction of sp³-hybridized carbons (Fsp3) is 0.318. The zero-order valence-electron chi connectivity index (χ0n) is 17.3. The number of nitrogens with zero attached hydrogens (tertiary/aromatic N) is 5. The molecule has 2 N–H and O–H groups in total. The van der Waals surface area contributed by atoms with Crippen LogP contribution in [0.2, 0.25) is 0 Å². The Morgan fingerprint density at radius 3 is 2.66 bits per heavy atom. The molecule has 0 radical (unpaired) electrons. The summed E-state index contributed by atoms with van der Waals surface area (Å²) in [5.41, 5.74) is 3.55. The first-order valence-electron chi connectivity index (χ1n) is 9.91. The Hall–Kier alpha value is -3.35. The van der Waals surface area contributed by atoms with Crippen LogP contribution in [0.25, 0.3) is 5.69 Å². The third-order valence-electron chi connectivity index (χ3n) is 4.71. The number of rotatable bonds is 8. The summed E-state index contributed by atoms with van der Waals surface area (Å²) in [6.45, 7) is 7.45. The molecule has 1 heterocycles. The molecule has 0 aliphatic heterocycles. The van der Waals surface area contributed by atoms with Gasteiger partial charge in [-0.25, -0.2) is 0 Å². The van der Waals surface area contributed by atoms with E-state index in [-0.39, 0.29) is 0 Å². The van der Waals surface area contributed by atoms with E-state index in [1.165, 1.54) is 11.3 Å². The number of hydrogen-bond donors (Lipinski definition) is 2. The normalized spacial score (nSPS) is 11.3. The van der Waals surface area contributed by atoms with E-state index in [4.69, 9.17) is 0 Å². The quantitative estimate of drug-likeness (QED) is 0.456. The highest BCUT2D eigenvalue weighted by molar-refractivity contribution is 5.79. The standard InChI is InChI=1S/C22H29N7/c1-4-28(20-12-8-9-18(2)15-20)14-13-24-22(23-3)25-16-21-27-26-17-29(21)19-10-6-5-7-11-19/h5-12,15,17H,4,13-14,16H2,1-3H3,(H2,23,24,25). The Morgan fingerprint density at radius 1 is 1.10 bits per heavy atom. The molecule has 0 spiro atoms. The largest absolute Gasteiger partial charge is 0.370 e. The molecule has 0 bridgehead atoms. The highest BCUT2D eigenvalue weighted by Crippen LogP contribution is 2.15. The van der Waals surface area contributed by atoms with Crippen molar-refractivity contribution in [3.63, 3.8) is 0 Å². The van der Waals surface area contributed by atoms with Gasteiger partial charge in [0.1, 0.15) is 6.33 Å². The molecule has 7 nitrogen and oxygen atoms in total. The summed E-state index contributed by atoms with van der Waals surface area (Å²) in [6.07, 6.45) is 1.73. The van der Waals surface area contributed by atoms with E-state index in [1.54, 1.807) is 13.4 Å². The average Bonchev–Trinajstić information content (AvgIpc) is 3.22. The van der Waals surface area contributed by atoms with Crippen LogP contribution in [0.3, 0.4) is 0 Å². The summed E-state index contributed by atoms with van der Waals surface area (Å²) in [5.74, 6) is 1.57. The number of benzene rings is 2. The van der Waals surface area contributed by atoms with Crippen LogP contribution in [-0.4, -0.2) is 47.4 Å². The number of hydrogen-bond acceptors (Lipinski definition) is 4. The first kappa shape index (κ1) is 20.4. The fourth-order valence-electron chi connectivity index (χ4n) is 3.17. The van der Waals surface area contributed by atoms with Gasteiger partial charge in [0, 0.05) is 38.1 Å². The third kappa shape index (κ3) is 5.57. The minimum Gasteiger partial charge on any atom is -0.370 e. The second kappa shape index (κ2) is 10.3. The first-order valence-corrected chi connectivity index (χ1v) is 9.91. The summed E-state index contributed by atoms with van der Waals surface area (Å²) in [4.78, 5) is 6.66. The first-order chi connectivity index (χ1) is 14.2.